The molecule has 0 aromatic heterocycles. The second-order valence-electron chi connectivity index (χ2n) is 6.43. The van der Waals surface area contributed by atoms with Crippen LogP contribution in [0.3, 0.4) is 0 Å². The molecule has 3 rings (SSSR count). The molecular weight excluding hydrogens is 464 g/mol. The summed E-state index contributed by atoms with van der Waals surface area (Å²) in [4.78, 5) is 16.9. The summed E-state index contributed by atoms with van der Waals surface area (Å²) >= 11 is 4.68. The molecule has 0 spiro atoms. The van der Waals surface area contributed by atoms with Crippen LogP contribution in [0.4, 0.5) is 5.69 Å². The first-order valence-corrected chi connectivity index (χ1v) is 11.3. The van der Waals surface area contributed by atoms with Crippen LogP contribution >= 0.6 is 27.7 Å². The lowest BCUT2D eigenvalue weighted by atomic mass is 10.1. The van der Waals surface area contributed by atoms with Crippen molar-refractivity contribution in [2.75, 3.05) is 24.2 Å². The van der Waals surface area contributed by atoms with Gasteiger partial charge in [0.1, 0.15) is 12.3 Å². The minimum absolute atomic E-state index is 0.102. The number of benzene rings is 2. The Morgan fingerprint density at radius 2 is 2.07 bits per heavy atom. The number of aliphatic imine (C=N–C) groups is 1. The number of amidine groups is 1. The SMILES string of the molecule is C=CCN1CC(Oc2ccc(Br)cc2)=NC(SCC(=O)Nc2ccccc2CC)=N1. The first-order chi connectivity index (χ1) is 14.6. The van der Waals surface area contributed by atoms with Crippen molar-refractivity contribution in [2.24, 2.45) is 10.1 Å². The van der Waals surface area contributed by atoms with Crippen LogP contribution in [0.15, 0.2) is 75.8 Å². The monoisotopic (exact) mass is 486 g/mol. The van der Waals surface area contributed by atoms with Gasteiger partial charge in [0.2, 0.25) is 17.0 Å². The van der Waals surface area contributed by atoms with E-state index in [9.17, 15) is 4.79 Å². The Hall–Kier alpha value is -2.58. The van der Waals surface area contributed by atoms with Crippen LogP contribution in [0.2, 0.25) is 0 Å². The van der Waals surface area contributed by atoms with E-state index in [2.05, 4.69) is 44.8 Å². The lowest BCUT2D eigenvalue weighted by Gasteiger charge is -2.23. The lowest BCUT2D eigenvalue weighted by molar-refractivity contribution is -0.113. The molecule has 0 saturated heterocycles. The molecule has 0 unspecified atom stereocenters. The summed E-state index contributed by atoms with van der Waals surface area (Å²) in [5.41, 5.74) is 1.94. The number of amides is 1. The van der Waals surface area contributed by atoms with E-state index in [4.69, 9.17) is 4.74 Å². The van der Waals surface area contributed by atoms with Crippen LogP contribution in [-0.4, -0.2) is 40.8 Å². The Kier molecular flexibility index (Phi) is 8.10. The Morgan fingerprint density at radius 3 is 2.80 bits per heavy atom. The number of rotatable bonds is 7. The molecule has 1 amide bonds. The van der Waals surface area contributed by atoms with E-state index in [-0.39, 0.29) is 11.7 Å². The largest absolute Gasteiger partial charge is 0.441 e. The van der Waals surface area contributed by atoms with Crippen molar-refractivity contribution in [1.29, 1.82) is 0 Å². The summed E-state index contributed by atoms with van der Waals surface area (Å²) in [6, 6.07) is 15.3. The molecule has 6 nitrogen and oxygen atoms in total. The molecule has 1 N–H and O–H groups in total. The second kappa shape index (κ2) is 11.0. The highest BCUT2D eigenvalue weighted by atomic mass is 79.9. The van der Waals surface area contributed by atoms with Crippen molar-refractivity contribution in [2.45, 2.75) is 13.3 Å². The third kappa shape index (κ3) is 6.47. The number of hydrogen-bond donors (Lipinski definition) is 1. The first kappa shape index (κ1) is 22.1. The molecule has 8 heteroatoms. The highest BCUT2D eigenvalue weighted by Gasteiger charge is 2.18. The van der Waals surface area contributed by atoms with Gasteiger partial charge in [-0.05, 0) is 42.3 Å². The van der Waals surface area contributed by atoms with Crippen LogP contribution in [0.5, 0.6) is 5.75 Å². The van der Waals surface area contributed by atoms with Gasteiger partial charge >= 0.3 is 0 Å². The van der Waals surface area contributed by atoms with Crippen LogP contribution in [0.1, 0.15) is 12.5 Å². The average Bonchev–Trinajstić information content (AvgIpc) is 2.74. The summed E-state index contributed by atoms with van der Waals surface area (Å²) < 4.78 is 6.88. The Bertz CT molecular complexity index is 960. The molecule has 1 heterocycles. The van der Waals surface area contributed by atoms with E-state index in [0.29, 0.717) is 29.9 Å². The van der Waals surface area contributed by atoms with Crippen molar-refractivity contribution in [3.8, 4) is 5.75 Å². The number of hydrazone groups is 1. The number of anilines is 1. The summed E-state index contributed by atoms with van der Waals surface area (Å²) in [7, 11) is 0. The molecule has 0 bridgehead atoms. The van der Waals surface area contributed by atoms with Gasteiger partial charge in [-0.3, -0.25) is 9.80 Å². The van der Waals surface area contributed by atoms with Crippen LogP contribution < -0.4 is 10.1 Å². The second-order valence-corrected chi connectivity index (χ2v) is 8.29. The standard InChI is InChI=1S/C22H23BrN4O2S/c1-3-13-27-14-21(29-18-11-9-17(23)10-12-18)25-22(26-27)30-15-20(28)24-19-8-6-5-7-16(19)4-2/h3,5-12H,1,4,13-15H2,2H3,(H,24,28). The molecular formula is C22H23BrN4O2S. The zero-order chi connectivity index (χ0) is 21.3. The van der Waals surface area contributed by atoms with Gasteiger partial charge in [0.25, 0.3) is 0 Å². The number of ether oxygens (including phenoxy) is 1. The van der Waals surface area contributed by atoms with Gasteiger partial charge < -0.3 is 10.1 Å². The van der Waals surface area contributed by atoms with Crippen molar-refractivity contribution in [1.82, 2.24) is 5.01 Å². The third-order valence-corrected chi connectivity index (χ3v) is 5.53. The van der Waals surface area contributed by atoms with Crippen molar-refractivity contribution < 1.29 is 9.53 Å². The highest BCUT2D eigenvalue weighted by Crippen LogP contribution is 2.20. The van der Waals surface area contributed by atoms with E-state index < -0.39 is 0 Å². The van der Waals surface area contributed by atoms with Crippen molar-refractivity contribution >= 4 is 50.4 Å². The molecule has 30 heavy (non-hydrogen) atoms. The third-order valence-electron chi connectivity index (χ3n) is 4.16. The normalized spacial score (nSPS) is 13.3. The number of carbonyl (C=O) groups is 1. The fourth-order valence-corrected chi connectivity index (χ4v) is 3.69. The van der Waals surface area contributed by atoms with Gasteiger partial charge in [0.15, 0.2) is 0 Å². The number of para-hydroxylation sites is 1. The fraction of sp³-hybridized carbons (Fsp3) is 0.227. The number of halogens is 1. The van der Waals surface area contributed by atoms with Gasteiger partial charge in [-0.2, -0.15) is 4.99 Å². The molecule has 0 atom stereocenters. The predicted octanol–water partition coefficient (Wildman–Crippen LogP) is 4.93. The van der Waals surface area contributed by atoms with Gasteiger partial charge in [0, 0.05) is 10.2 Å². The van der Waals surface area contributed by atoms with E-state index in [1.165, 1.54) is 11.8 Å². The molecule has 156 valence electrons. The summed E-state index contributed by atoms with van der Waals surface area (Å²) in [6.45, 7) is 6.82. The molecule has 0 saturated carbocycles. The topological polar surface area (TPSA) is 66.3 Å². The zero-order valence-corrected chi connectivity index (χ0v) is 19.1. The fourth-order valence-electron chi connectivity index (χ4n) is 2.75. The maximum atomic E-state index is 12.4. The molecule has 1 aliphatic rings. The number of carbonyl (C=O) groups excluding carboxylic acids is 1. The molecule has 2 aromatic rings. The van der Waals surface area contributed by atoms with Gasteiger partial charge in [-0.25, -0.2) is 0 Å². The maximum Gasteiger partial charge on any atom is 0.234 e. The van der Waals surface area contributed by atoms with Crippen molar-refractivity contribution in [3.63, 3.8) is 0 Å². The molecule has 0 radical (unpaired) electrons. The lowest BCUT2D eigenvalue weighted by Crippen LogP contribution is -2.33. The average molecular weight is 487 g/mol. The maximum absolute atomic E-state index is 12.4. The molecule has 2 aromatic carbocycles. The van der Waals surface area contributed by atoms with Gasteiger partial charge in [0.05, 0.1) is 12.3 Å². The van der Waals surface area contributed by atoms with Gasteiger partial charge in [-0.15, -0.1) is 11.7 Å². The molecule has 1 aliphatic heterocycles. The van der Waals surface area contributed by atoms with E-state index in [0.717, 1.165) is 22.1 Å². The van der Waals surface area contributed by atoms with Crippen LogP contribution in [-0.2, 0) is 11.2 Å². The first-order valence-electron chi connectivity index (χ1n) is 9.53. The predicted molar refractivity (Wildman–Crippen MR) is 128 cm³/mol. The van der Waals surface area contributed by atoms with Crippen LogP contribution in [0.25, 0.3) is 0 Å². The van der Waals surface area contributed by atoms with E-state index >= 15 is 0 Å². The quantitative estimate of drug-likeness (QED) is 0.563. The smallest absolute Gasteiger partial charge is 0.234 e. The number of hydrogen-bond acceptors (Lipinski definition) is 6. The van der Waals surface area contributed by atoms with Crippen molar-refractivity contribution in [3.05, 3.63) is 71.2 Å². The number of aryl methyl sites for hydroxylation is 1. The number of nitrogens with zero attached hydrogens (tertiary/aromatic N) is 3. The Balaban J connectivity index is 1.64. The molecule has 0 fully saturated rings. The number of thioether (sulfide) groups is 1. The summed E-state index contributed by atoms with van der Waals surface area (Å²) in [5, 5.41) is 9.73. The summed E-state index contributed by atoms with van der Waals surface area (Å²) in [5.74, 6) is 1.31. The van der Waals surface area contributed by atoms with Crippen LogP contribution in [0, 0.1) is 0 Å². The zero-order valence-electron chi connectivity index (χ0n) is 16.7. The minimum Gasteiger partial charge on any atom is -0.441 e. The highest BCUT2D eigenvalue weighted by molar-refractivity contribution is 9.10. The Morgan fingerprint density at radius 1 is 1.30 bits per heavy atom. The van der Waals surface area contributed by atoms with E-state index in [1.807, 2.05) is 48.5 Å². The summed E-state index contributed by atoms with van der Waals surface area (Å²) in [6.07, 6.45) is 2.62. The van der Waals surface area contributed by atoms with Gasteiger partial charge in [-0.1, -0.05) is 58.9 Å². The Labute approximate surface area is 189 Å². The minimum atomic E-state index is -0.102. The van der Waals surface area contributed by atoms with E-state index in [1.54, 1.807) is 11.1 Å². The molecule has 0 aliphatic carbocycles. The number of nitrogens with one attached hydrogen (secondary N) is 1.